The Kier molecular flexibility index (Phi) is 6.17. The number of carbonyl (C=O) groups is 2. The van der Waals surface area contributed by atoms with Gasteiger partial charge in [-0.25, -0.2) is 4.98 Å². The van der Waals surface area contributed by atoms with E-state index < -0.39 is 0 Å². The number of carbonyl (C=O) groups excluding carboxylic acids is 2. The molecular formula is C14H16BrN5O2S. The van der Waals surface area contributed by atoms with E-state index in [0.29, 0.717) is 11.0 Å². The van der Waals surface area contributed by atoms with Gasteiger partial charge in [0, 0.05) is 24.1 Å². The van der Waals surface area contributed by atoms with Crippen molar-refractivity contribution in [3.8, 4) is 11.4 Å². The molecule has 2 amide bonds. The Morgan fingerprint density at radius 2 is 2.13 bits per heavy atom. The minimum Gasteiger partial charge on any atom is -0.358 e. The highest BCUT2D eigenvalue weighted by Gasteiger charge is 2.14. The SMILES string of the molecule is CNC(=O)CN(C)C(=O)CSc1n[nH]c(-c2ccccc2Br)n1. The molecule has 0 unspecified atom stereocenters. The Morgan fingerprint density at radius 3 is 2.83 bits per heavy atom. The first kappa shape index (κ1) is 17.5. The first-order valence-corrected chi connectivity index (χ1v) is 8.53. The average molecular weight is 398 g/mol. The number of nitrogens with zero attached hydrogens (tertiary/aromatic N) is 3. The van der Waals surface area contributed by atoms with Gasteiger partial charge in [-0.1, -0.05) is 45.9 Å². The monoisotopic (exact) mass is 397 g/mol. The van der Waals surface area contributed by atoms with E-state index in [1.54, 1.807) is 7.05 Å². The molecule has 0 bridgehead atoms. The molecule has 0 radical (unpaired) electrons. The van der Waals surface area contributed by atoms with E-state index in [2.05, 4.69) is 36.4 Å². The van der Waals surface area contributed by atoms with Gasteiger partial charge in [-0.3, -0.25) is 14.7 Å². The number of rotatable bonds is 6. The van der Waals surface area contributed by atoms with E-state index in [-0.39, 0.29) is 24.1 Å². The van der Waals surface area contributed by atoms with Gasteiger partial charge >= 0.3 is 0 Å². The molecule has 2 N–H and O–H groups in total. The van der Waals surface area contributed by atoms with Crippen LogP contribution in [0.5, 0.6) is 0 Å². The van der Waals surface area contributed by atoms with Gasteiger partial charge in [0.25, 0.3) is 0 Å². The Bertz CT molecular complexity index is 706. The molecule has 2 rings (SSSR count). The fourth-order valence-electron chi connectivity index (χ4n) is 1.70. The number of nitrogens with one attached hydrogen (secondary N) is 2. The number of aromatic amines is 1. The minimum absolute atomic E-state index is 0.0338. The van der Waals surface area contributed by atoms with Crippen LogP contribution in [0.25, 0.3) is 11.4 Å². The van der Waals surface area contributed by atoms with Crippen LogP contribution >= 0.6 is 27.7 Å². The Labute approximate surface area is 146 Å². The van der Waals surface area contributed by atoms with Crippen molar-refractivity contribution in [1.29, 1.82) is 0 Å². The fraction of sp³-hybridized carbons (Fsp3) is 0.286. The average Bonchev–Trinajstić information content (AvgIpc) is 3.01. The van der Waals surface area contributed by atoms with E-state index in [1.807, 2.05) is 24.3 Å². The molecule has 9 heteroatoms. The molecule has 23 heavy (non-hydrogen) atoms. The van der Waals surface area contributed by atoms with Crippen molar-refractivity contribution < 1.29 is 9.59 Å². The highest BCUT2D eigenvalue weighted by molar-refractivity contribution is 9.10. The molecule has 0 spiro atoms. The maximum absolute atomic E-state index is 12.0. The maximum Gasteiger partial charge on any atom is 0.239 e. The lowest BCUT2D eigenvalue weighted by atomic mass is 10.2. The van der Waals surface area contributed by atoms with E-state index in [9.17, 15) is 9.59 Å². The smallest absolute Gasteiger partial charge is 0.239 e. The van der Waals surface area contributed by atoms with Crippen molar-refractivity contribution in [2.24, 2.45) is 0 Å². The lowest BCUT2D eigenvalue weighted by Gasteiger charge is -2.15. The highest BCUT2D eigenvalue weighted by Crippen LogP contribution is 2.26. The van der Waals surface area contributed by atoms with Gasteiger partial charge in [-0.15, -0.1) is 5.10 Å². The number of amides is 2. The molecule has 0 aliphatic heterocycles. The number of thioether (sulfide) groups is 1. The minimum atomic E-state index is -0.208. The molecule has 0 saturated heterocycles. The quantitative estimate of drug-likeness (QED) is 0.721. The summed E-state index contributed by atoms with van der Waals surface area (Å²) in [7, 11) is 3.12. The zero-order valence-electron chi connectivity index (χ0n) is 12.7. The molecule has 2 aromatic rings. The molecule has 0 aliphatic rings. The zero-order valence-corrected chi connectivity index (χ0v) is 15.1. The third-order valence-corrected chi connectivity index (χ3v) is 4.53. The summed E-state index contributed by atoms with van der Waals surface area (Å²) in [4.78, 5) is 28.9. The summed E-state index contributed by atoms with van der Waals surface area (Å²) in [5, 5.41) is 9.92. The number of benzene rings is 1. The molecule has 7 nitrogen and oxygen atoms in total. The van der Waals surface area contributed by atoms with Gasteiger partial charge in [-0.05, 0) is 6.07 Å². The molecule has 0 atom stereocenters. The highest BCUT2D eigenvalue weighted by atomic mass is 79.9. The third-order valence-electron chi connectivity index (χ3n) is 3.00. The Balaban J connectivity index is 1.94. The zero-order chi connectivity index (χ0) is 16.8. The van der Waals surface area contributed by atoms with Crippen molar-refractivity contribution in [1.82, 2.24) is 25.4 Å². The second-order valence-corrected chi connectivity index (χ2v) is 6.45. The van der Waals surface area contributed by atoms with E-state index in [1.165, 1.54) is 23.7 Å². The number of hydrogen-bond acceptors (Lipinski definition) is 5. The lowest BCUT2D eigenvalue weighted by Crippen LogP contribution is -2.37. The second kappa shape index (κ2) is 8.11. The van der Waals surface area contributed by atoms with Crippen molar-refractivity contribution >= 4 is 39.5 Å². The third kappa shape index (κ3) is 4.80. The summed E-state index contributed by atoms with van der Waals surface area (Å²) in [6.07, 6.45) is 0. The molecule has 1 aromatic heterocycles. The second-order valence-electron chi connectivity index (χ2n) is 4.66. The lowest BCUT2D eigenvalue weighted by molar-refractivity contribution is -0.132. The standard InChI is InChI=1S/C14H16BrN5O2S/c1-16-11(21)7-20(2)12(22)8-23-14-17-13(18-19-14)9-5-3-4-6-10(9)15/h3-6H,7-8H2,1-2H3,(H,16,21)(H,17,18,19). The summed E-state index contributed by atoms with van der Waals surface area (Å²) in [5.41, 5.74) is 0.898. The normalized spacial score (nSPS) is 10.4. The van der Waals surface area contributed by atoms with Crippen molar-refractivity contribution in [2.75, 3.05) is 26.4 Å². The van der Waals surface area contributed by atoms with Gasteiger partial charge in [0.1, 0.15) is 0 Å². The summed E-state index contributed by atoms with van der Waals surface area (Å²) in [6, 6.07) is 7.66. The Morgan fingerprint density at radius 1 is 1.39 bits per heavy atom. The summed E-state index contributed by atoms with van der Waals surface area (Å²) < 4.78 is 0.911. The largest absolute Gasteiger partial charge is 0.358 e. The van der Waals surface area contributed by atoms with Crippen LogP contribution in [0.1, 0.15) is 0 Å². The number of aromatic nitrogens is 3. The molecular weight excluding hydrogens is 382 g/mol. The van der Waals surface area contributed by atoms with Crippen LogP contribution in [0.4, 0.5) is 0 Å². The van der Waals surface area contributed by atoms with Gasteiger partial charge < -0.3 is 10.2 Å². The van der Waals surface area contributed by atoms with Crippen molar-refractivity contribution in [3.05, 3.63) is 28.7 Å². The molecule has 0 aliphatic carbocycles. The van der Waals surface area contributed by atoms with Crippen LogP contribution in [0.3, 0.4) is 0 Å². The molecule has 1 heterocycles. The molecule has 1 aromatic carbocycles. The van der Waals surface area contributed by atoms with Gasteiger partial charge in [0.15, 0.2) is 5.82 Å². The molecule has 0 fully saturated rings. The van der Waals surface area contributed by atoms with Crippen LogP contribution in [0.15, 0.2) is 33.9 Å². The van der Waals surface area contributed by atoms with Crippen LogP contribution < -0.4 is 5.32 Å². The first-order chi connectivity index (χ1) is 11.0. The van der Waals surface area contributed by atoms with E-state index >= 15 is 0 Å². The summed E-state index contributed by atoms with van der Waals surface area (Å²) in [5.74, 6) is 0.428. The van der Waals surface area contributed by atoms with Crippen LogP contribution in [0.2, 0.25) is 0 Å². The van der Waals surface area contributed by atoms with Gasteiger partial charge in [0.2, 0.25) is 17.0 Å². The van der Waals surface area contributed by atoms with Crippen LogP contribution in [-0.2, 0) is 9.59 Å². The first-order valence-electron chi connectivity index (χ1n) is 6.76. The number of hydrogen-bond donors (Lipinski definition) is 2. The number of halogens is 1. The van der Waals surface area contributed by atoms with Gasteiger partial charge in [-0.2, -0.15) is 0 Å². The molecule has 122 valence electrons. The van der Waals surface area contributed by atoms with Crippen LogP contribution in [-0.4, -0.2) is 58.3 Å². The summed E-state index contributed by atoms with van der Waals surface area (Å²) >= 11 is 4.68. The van der Waals surface area contributed by atoms with Crippen molar-refractivity contribution in [2.45, 2.75) is 5.16 Å². The maximum atomic E-state index is 12.0. The van der Waals surface area contributed by atoms with E-state index in [0.717, 1.165) is 10.0 Å². The summed E-state index contributed by atoms with van der Waals surface area (Å²) in [6.45, 7) is 0.0338. The van der Waals surface area contributed by atoms with Crippen molar-refractivity contribution in [3.63, 3.8) is 0 Å². The van der Waals surface area contributed by atoms with E-state index in [4.69, 9.17) is 0 Å². The number of H-pyrrole nitrogens is 1. The fourth-order valence-corrected chi connectivity index (χ4v) is 2.92. The molecule has 0 saturated carbocycles. The van der Waals surface area contributed by atoms with Gasteiger partial charge in [0.05, 0.1) is 12.3 Å². The predicted molar refractivity (Wildman–Crippen MR) is 91.9 cm³/mol. The topological polar surface area (TPSA) is 91.0 Å². The predicted octanol–water partition coefficient (Wildman–Crippen LogP) is 1.53. The number of likely N-dealkylation sites (N-methyl/N-ethyl adjacent to an activating group) is 2. The van der Waals surface area contributed by atoms with Crippen LogP contribution in [0, 0.1) is 0 Å². The Hall–Kier alpha value is -1.87.